The van der Waals surface area contributed by atoms with Gasteiger partial charge in [0.2, 0.25) is 0 Å². The third kappa shape index (κ3) is 3.05. The molecule has 0 bridgehead atoms. The van der Waals surface area contributed by atoms with Crippen LogP contribution in [0.25, 0.3) is 0 Å². The lowest BCUT2D eigenvalue weighted by atomic mass is 10.3. The van der Waals surface area contributed by atoms with Crippen LogP contribution in [-0.4, -0.2) is 17.6 Å². The van der Waals surface area contributed by atoms with Gasteiger partial charge in [-0.1, -0.05) is 6.07 Å². The summed E-state index contributed by atoms with van der Waals surface area (Å²) >= 11 is 1.10. The van der Waals surface area contributed by atoms with E-state index in [0.717, 1.165) is 17.4 Å². The molecule has 0 saturated heterocycles. The van der Waals surface area contributed by atoms with Crippen molar-refractivity contribution >= 4 is 28.1 Å². The minimum Gasteiger partial charge on any atom is -0.461 e. The number of carbonyl (C=O) groups excluding carboxylic acids is 1. The summed E-state index contributed by atoms with van der Waals surface area (Å²) in [6.45, 7) is 1.93. The van der Waals surface area contributed by atoms with Crippen molar-refractivity contribution in [1.82, 2.24) is 4.98 Å². The van der Waals surface area contributed by atoms with Crippen LogP contribution in [0, 0.1) is 11.6 Å². The molecule has 1 aromatic carbocycles. The van der Waals surface area contributed by atoms with Crippen molar-refractivity contribution in [2.45, 2.75) is 6.92 Å². The van der Waals surface area contributed by atoms with Crippen LogP contribution in [0.3, 0.4) is 0 Å². The van der Waals surface area contributed by atoms with E-state index in [1.54, 1.807) is 6.92 Å². The molecule has 19 heavy (non-hydrogen) atoms. The molecule has 4 nitrogen and oxygen atoms in total. The third-order valence-corrected chi connectivity index (χ3v) is 2.94. The van der Waals surface area contributed by atoms with Crippen LogP contribution in [-0.2, 0) is 4.74 Å². The Morgan fingerprint density at radius 2 is 2.26 bits per heavy atom. The Morgan fingerprint density at radius 1 is 1.47 bits per heavy atom. The molecule has 0 fully saturated rings. The molecule has 2 aromatic rings. The van der Waals surface area contributed by atoms with Gasteiger partial charge in [-0.05, 0) is 19.1 Å². The van der Waals surface area contributed by atoms with Crippen molar-refractivity contribution in [3.05, 3.63) is 40.9 Å². The second-order valence-corrected chi connectivity index (χ2v) is 4.34. The van der Waals surface area contributed by atoms with E-state index >= 15 is 0 Å². The molecule has 1 N–H and O–H groups in total. The first kappa shape index (κ1) is 13.4. The number of hydrogen-bond acceptors (Lipinski definition) is 5. The van der Waals surface area contributed by atoms with E-state index in [1.165, 1.54) is 17.5 Å². The Balaban J connectivity index is 2.16. The maximum Gasteiger partial charge on any atom is 0.357 e. The van der Waals surface area contributed by atoms with E-state index in [1.807, 2.05) is 0 Å². The minimum absolute atomic E-state index is 0.0373. The van der Waals surface area contributed by atoms with Crippen LogP contribution in [0.5, 0.6) is 0 Å². The number of thiazole rings is 1. The molecule has 0 atom stereocenters. The van der Waals surface area contributed by atoms with E-state index in [2.05, 4.69) is 10.3 Å². The molecule has 1 heterocycles. The molecule has 0 aliphatic rings. The number of aromatic nitrogens is 1. The molecule has 0 aliphatic heterocycles. The first-order valence-electron chi connectivity index (χ1n) is 5.45. The lowest BCUT2D eigenvalue weighted by Crippen LogP contribution is -2.05. The highest BCUT2D eigenvalue weighted by Gasteiger charge is 2.13. The summed E-state index contributed by atoms with van der Waals surface area (Å²) in [6, 6.07) is 3.77. The average Bonchev–Trinajstić information content (AvgIpc) is 2.84. The maximum atomic E-state index is 13.4. The Morgan fingerprint density at radius 3 is 3.00 bits per heavy atom. The lowest BCUT2D eigenvalue weighted by molar-refractivity contribution is 0.0520. The van der Waals surface area contributed by atoms with E-state index < -0.39 is 17.6 Å². The van der Waals surface area contributed by atoms with Gasteiger partial charge in [-0.25, -0.2) is 18.6 Å². The second kappa shape index (κ2) is 5.75. The summed E-state index contributed by atoms with van der Waals surface area (Å²) in [6.07, 6.45) is 0. The SMILES string of the molecule is CCOC(=O)c1csc(Nc2cccc(F)c2F)n1. The van der Waals surface area contributed by atoms with Crippen molar-refractivity contribution in [2.24, 2.45) is 0 Å². The summed E-state index contributed by atoms with van der Waals surface area (Å²) in [4.78, 5) is 15.3. The molecule has 0 radical (unpaired) electrons. The fourth-order valence-corrected chi connectivity index (χ4v) is 2.04. The highest BCUT2D eigenvalue weighted by atomic mass is 32.1. The second-order valence-electron chi connectivity index (χ2n) is 3.48. The number of esters is 1. The van der Waals surface area contributed by atoms with Gasteiger partial charge in [0.1, 0.15) is 0 Å². The normalized spacial score (nSPS) is 10.3. The highest BCUT2D eigenvalue weighted by Crippen LogP contribution is 2.24. The summed E-state index contributed by atoms with van der Waals surface area (Å²) in [5.74, 6) is -2.49. The minimum atomic E-state index is -0.990. The van der Waals surface area contributed by atoms with Crippen molar-refractivity contribution in [1.29, 1.82) is 0 Å². The van der Waals surface area contributed by atoms with E-state index in [0.29, 0.717) is 0 Å². The van der Waals surface area contributed by atoms with Crippen molar-refractivity contribution in [2.75, 3.05) is 11.9 Å². The number of benzene rings is 1. The predicted octanol–water partition coefficient (Wildman–Crippen LogP) is 3.34. The number of hydrogen-bond donors (Lipinski definition) is 1. The topological polar surface area (TPSA) is 51.2 Å². The van der Waals surface area contributed by atoms with Crippen LogP contribution in [0.1, 0.15) is 17.4 Å². The zero-order valence-electron chi connectivity index (χ0n) is 9.94. The van der Waals surface area contributed by atoms with Gasteiger partial charge in [0.25, 0.3) is 0 Å². The van der Waals surface area contributed by atoms with Gasteiger partial charge in [-0.2, -0.15) is 0 Å². The predicted molar refractivity (Wildman–Crippen MR) is 67.7 cm³/mol. The van der Waals surface area contributed by atoms with Crippen molar-refractivity contribution < 1.29 is 18.3 Å². The van der Waals surface area contributed by atoms with Crippen LogP contribution >= 0.6 is 11.3 Å². The zero-order chi connectivity index (χ0) is 13.8. The number of halogens is 2. The molecule has 0 spiro atoms. The largest absolute Gasteiger partial charge is 0.461 e. The quantitative estimate of drug-likeness (QED) is 0.875. The first-order chi connectivity index (χ1) is 9.11. The van der Waals surface area contributed by atoms with Gasteiger partial charge in [-0.3, -0.25) is 0 Å². The molecule has 0 unspecified atom stereocenters. The van der Waals surface area contributed by atoms with Crippen LogP contribution in [0.2, 0.25) is 0 Å². The number of carbonyl (C=O) groups is 1. The van der Waals surface area contributed by atoms with Gasteiger partial charge >= 0.3 is 5.97 Å². The molecule has 0 amide bonds. The third-order valence-electron chi connectivity index (χ3n) is 2.18. The summed E-state index contributed by atoms with van der Waals surface area (Å²) in [5.41, 5.74) is 0.0934. The van der Waals surface area contributed by atoms with Gasteiger partial charge in [0.15, 0.2) is 22.5 Å². The lowest BCUT2D eigenvalue weighted by Gasteiger charge is -2.04. The maximum absolute atomic E-state index is 13.4. The Kier molecular flexibility index (Phi) is 4.06. The number of ether oxygens (including phenoxy) is 1. The first-order valence-corrected chi connectivity index (χ1v) is 6.33. The zero-order valence-corrected chi connectivity index (χ0v) is 10.8. The number of nitrogens with one attached hydrogen (secondary N) is 1. The Hall–Kier alpha value is -2.02. The van der Waals surface area contributed by atoms with E-state index in [4.69, 9.17) is 4.74 Å². The Labute approximate surface area is 112 Å². The smallest absolute Gasteiger partial charge is 0.357 e. The van der Waals surface area contributed by atoms with Crippen LogP contribution < -0.4 is 5.32 Å². The highest BCUT2D eigenvalue weighted by molar-refractivity contribution is 7.14. The average molecular weight is 284 g/mol. The Bertz CT molecular complexity index is 601. The number of rotatable bonds is 4. The molecular formula is C12H10F2N2O2S. The molecule has 100 valence electrons. The van der Waals surface area contributed by atoms with E-state index in [9.17, 15) is 13.6 Å². The number of nitrogens with zero attached hydrogens (tertiary/aromatic N) is 1. The fourth-order valence-electron chi connectivity index (χ4n) is 1.35. The molecule has 0 aliphatic carbocycles. The van der Waals surface area contributed by atoms with Crippen LogP contribution in [0.4, 0.5) is 19.6 Å². The molecule has 1 aromatic heterocycles. The summed E-state index contributed by atoms with van der Waals surface area (Å²) in [7, 11) is 0. The summed E-state index contributed by atoms with van der Waals surface area (Å²) < 4.78 is 31.2. The van der Waals surface area contributed by atoms with Crippen LogP contribution in [0.15, 0.2) is 23.6 Å². The van der Waals surface area contributed by atoms with E-state index in [-0.39, 0.29) is 23.1 Å². The van der Waals surface area contributed by atoms with Gasteiger partial charge < -0.3 is 10.1 Å². The standard InChI is InChI=1S/C12H10F2N2O2S/c1-2-18-11(17)9-6-19-12(16-9)15-8-5-3-4-7(13)10(8)14/h3-6H,2H2,1H3,(H,15,16). The fraction of sp³-hybridized carbons (Fsp3) is 0.167. The van der Waals surface area contributed by atoms with Gasteiger partial charge in [-0.15, -0.1) is 11.3 Å². The number of anilines is 2. The van der Waals surface area contributed by atoms with Crippen molar-refractivity contribution in [3.8, 4) is 0 Å². The monoisotopic (exact) mass is 284 g/mol. The van der Waals surface area contributed by atoms with Gasteiger partial charge in [0, 0.05) is 5.38 Å². The van der Waals surface area contributed by atoms with Gasteiger partial charge in [0.05, 0.1) is 12.3 Å². The molecular weight excluding hydrogens is 274 g/mol. The summed E-state index contributed by atoms with van der Waals surface area (Å²) in [5, 5.41) is 4.38. The molecule has 7 heteroatoms. The molecule has 0 saturated carbocycles. The molecule has 2 rings (SSSR count). The van der Waals surface area contributed by atoms with Crippen molar-refractivity contribution in [3.63, 3.8) is 0 Å².